The number of nitrogens with zero attached hydrogens (tertiary/aromatic N) is 2. The zero-order valence-corrected chi connectivity index (χ0v) is 15.6. The molecule has 0 bridgehead atoms. The minimum atomic E-state index is -0.335. The molecule has 5 heteroatoms. The number of ether oxygens (including phenoxy) is 1. The molecule has 0 heterocycles. The van der Waals surface area contributed by atoms with E-state index >= 15 is 0 Å². The summed E-state index contributed by atoms with van der Waals surface area (Å²) in [4.78, 5) is 6.74. The number of halogens is 2. The third kappa shape index (κ3) is 4.15. The minimum absolute atomic E-state index is 0.335. The summed E-state index contributed by atoms with van der Waals surface area (Å²) in [5.74, 6) is 0.840. The summed E-state index contributed by atoms with van der Waals surface area (Å²) < 4.78 is 20.0. The molecule has 1 aliphatic carbocycles. The first-order valence-corrected chi connectivity index (χ1v) is 8.73. The Balaban J connectivity index is 1.81. The summed E-state index contributed by atoms with van der Waals surface area (Å²) in [6.45, 7) is 3.96. The SMILES string of the molecule is Cc1cc(Oc2cc(F)cc(Br)c2)c(C)cc1/N=C/N(C)C1CC1. The lowest BCUT2D eigenvalue weighted by Crippen LogP contribution is -2.17. The lowest BCUT2D eigenvalue weighted by Gasteiger charge is -2.13. The maximum Gasteiger partial charge on any atom is 0.131 e. The van der Waals surface area contributed by atoms with Crippen LogP contribution in [0.1, 0.15) is 24.0 Å². The van der Waals surface area contributed by atoms with Crippen LogP contribution in [0.3, 0.4) is 0 Å². The van der Waals surface area contributed by atoms with Gasteiger partial charge in [-0.15, -0.1) is 0 Å². The van der Waals surface area contributed by atoms with Gasteiger partial charge in [0.15, 0.2) is 0 Å². The van der Waals surface area contributed by atoms with Gasteiger partial charge in [0.25, 0.3) is 0 Å². The second kappa shape index (κ2) is 6.93. The Kier molecular flexibility index (Phi) is 4.90. The quantitative estimate of drug-likeness (QED) is 0.479. The molecule has 0 radical (unpaired) electrons. The smallest absolute Gasteiger partial charge is 0.131 e. The number of aliphatic imine (C=N–C) groups is 1. The van der Waals surface area contributed by atoms with Crippen LogP contribution in [0.5, 0.6) is 11.5 Å². The molecule has 2 aromatic rings. The van der Waals surface area contributed by atoms with E-state index in [0.29, 0.717) is 22.0 Å². The first-order chi connectivity index (χ1) is 11.4. The molecule has 1 aliphatic rings. The normalized spacial score (nSPS) is 14.2. The average Bonchev–Trinajstić information content (AvgIpc) is 3.32. The van der Waals surface area contributed by atoms with Crippen molar-refractivity contribution >= 4 is 28.0 Å². The van der Waals surface area contributed by atoms with E-state index < -0.39 is 0 Å². The van der Waals surface area contributed by atoms with E-state index in [-0.39, 0.29) is 5.82 Å². The van der Waals surface area contributed by atoms with E-state index in [1.165, 1.54) is 25.0 Å². The average molecular weight is 391 g/mol. The van der Waals surface area contributed by atoms with Crippen LogP contribution in [-0.2, 0) is 0 Å². The van der Waals surface area contributed by atoms with Crippen LogP contribution in [0.2, 0.25) is 0 Å². The third-order valence-corrected chi connectivity index (χ3v) is 4.52. The molecule has 0 aromatic heterocycles. The van der Waals surface area contributed by atoms with Gasteiger partial charge in [0, 0.05) is 23.6 Å². The standard InChI is InChI=1S/C19H20BrFN2O/c1-12-7-19(24-17-9-14(20)8-15(21)10-17)13(2)6-18(12)22-11-23(3)16-4-5-16/h6-11,16H,4-5H2,1-3H3/b22-11+. The number of benzene rings is 2. The molecule has 126 valence electrons. The van der Waals surface area contributed by atoms with Gasteiger partial charge in [-0.1, -0.05) is 15.9 Å². The molecule has 3 nitrogen and oxygen atoms in total. The number of hydrogen-bond acceptors (Lipinski definition) is 2. The lowest BCUT2D eigenvalue weighted by molar-refractivity contribution is 0.472. The predicted molar refractivity (Wildman–Crippen MR) is 99.0 cm³/mol. The van der Waals surface area contributed by atoms with Crippen LogP contribution >= 0.6 is 15.9 Å². The van der Waals surface area contributed by atoms with Gasteiger partial charge in [0.1, 0.15) is 17.3 Å². The summed E-state index contributed by atoms with van der Waals surface area (Å²) in [6, 6.07) is 9.10. The molecule has 2 aromatic carbocycles. The molecule has 1 fully saturated rings. The van der Waals surface area contributed by atoms with Gasteiger partial charge < -0.3 is 9.64 Å². The third-order valence-electron chi connectivity index (χ3n) is 4.06. The van der Waals surface area contributed by atoms with Crippen molar-refractivity contribution in [2.75, 3.05) is 7.05 Å². The van der Waals surface area contributed by atoms with E-state index in [1.54, 1.807) is 6.07 Å². The Morgan fingerprint density at radius 1 is 1.17 bits per heavy atom. The zero-order valence-electron chi connectivity index (χ0n) is 14.0. The highest BCUT2D eigenvalue weighted by atomic mass is 79.9. The highest BCUT2D eigenvalue weighted by molar-refractivity contribution is 9.10. The fraction of sp³-hybridized carbons (Fsp3) is 0.316. The highest BCUT2D eigenvalue weighted by Gasteiger charge is 2.24. The van der Waals surface area contributed by atoms with Crippen molar-refractivity contribution in [3.05, 3.63) is 51.7 Å². The van der Waals surface area contributed by atoms with Gasteiger partial charge in [-0.3, -0.25) is 0 Å². The lowest BCUT2D eigenvalue weighted by atomic mass is 10.1. The highest BCUT2D eigenvalue weighted by Crippen LogP contribution is 2.33. The maximum absolute atomic E-state index is 13.5. The summed E-state index contributed by atoms with van der Waals surface area (Å²) in [6.07, 6.45) is 4.39. The van der Waals surface area contributed by atoms with Crippen molar-refractivity contribution < 1.29 is 9.13 Å². The molecule has 0 saturated heterocycles. The predicted octanol–water partition coefficient (Wildman–Crippen LogP) is 5.75. The Labute approximate surface area is 150 Å². The van der Waals surface area contributed by atoms with Crippen LogP contribution in [0.25, 0.3) is 0 Å². The van der Waals surface area contributed by atoms with E-state index in [1.807, 2.05) is 32.3 Å². The van der Waals surface area contributed by atoms with Gasteiger partial charge in [-0.25, -0.2) is 9.38 Å². The fourth-order valence-corrected chi connectivity index (χ4v) is 2.91. The zero-order chi connectivity index (χ0) is 17.3. The molecule has 0 N–H and O–H groups in total. The van der Waals surface area contributed by atoms with Crippen molar-refractivity contribution in [3.63, 3.8) is 0 Å². The molecule has 3 rings (SSSR count). The molecule has 0 amide bonds. The van der Waals surface area contributed by atoms with Gasteiger partial charge in [-0.05, 0) is 62.1 Å². The molecule has 0 spiro atoms. The topological polar surface area (TPSA) is 24.8 Å². The number of hydrogen-bond donors (Lipinski definition) is 0. The fourth-order valence-electron chi connectivity index (χ4n) is 2.47. The van der Waals surface area contributed by atoms with E-state index in [0.717, 1.165) is 16.8 Å². The van der Waals surface area contributed by atoms with Crippen LogP contribution in [-0.4, -0.2) is 24.3 Å². The largest absolute Gasteiger partial charge is 0.457 e. The van der Waals surface area contributed by atoms with Gasteiger partial charge in [0.05, 0.1) is 12.0 Å². The van der Waals surface area contributed by atoms with Gasteiger partial charge in [0.2, 0.25) is 0 Å². The minimum Gasteiger partial charge on any atom is -0.457 e. The van der Waals surface area contributed by atoms with E-state index in [9.17, 15) is 4.39 Å². The van der Waals surface area contributed by atoms with Gasteiger partial charge in [-0.2, -0.15) is 0 Å². The van der Waals surface area contributed by atoms with Crippen LogP contribution in [0.15, 0.2) is 39.8 Å². The van der Waals surface area contributed by atoms with Crippen LogP contribution in [0, 0.1) is 19.7 Å². The molecule has 0 aliphatic heterocycles. The first kappa shape index (κ1) is 17.0. The van der Waals surface area contributed by atoms with Crippen molar-refractivity contribution in [1.29, 1.82) is 0 Å². The first-order valence-electron chi connectivity index (χ1n) is 7.93. The van der Waals surface area contributed by atoms with Crippen molar-refractivity contribution in [3.8, 4) is 11.5 Å². The molecule has 0 unspecified atom stereocenters. The van der Waals surface area contributed by atoms with Crippen molar-refractivity contribution in [2.24, 2.45) is 4.99 Å². The maximum atomic E-state index is 13.5. The molecule has 24 heavy (non-hydrogen) atoms. The Morgan fingerprint density at radius 2 is 1.92 bits per heavy atom. The summed E-state index contributed by atoms with van der Waals surface area (Å²) >= 11 is 3.28. The van der Waals surface area contributed by atoms with E-state index in [2.05, 4.69) is 32.9 Å². The molecule has 1 saturated carbocycles. The number of aryl methyl sites for hydroxylation is 2. The van der Waals surface area contributed by atoms with Crippen LogP contribution in [0.4, 0.5) is 10.1 Å². The molecule has 0 atom stereocenters. The summed E-state index contributed by atoms with van der Waals surface area (Å²) in [5.41, 5.74) is 2.90. The van der Waals surface area contributed by atoms with Crippen LogP contribution < -0.4 is 4.74 Å². The van der Waals surface area contributed by atoms with E-state index in [4.69, 9.17) is 4.74 Å². The Hall–Kier alpha value is -1.88. The van der Waals surface area contributed by atoms with Crippen molar-refractivity contribution in [1.82, 2.24) is 4.90 Å². The summed E-state index contributed by atoms with van der Waals surface area (Å²) in [7, 11) is 2.06. The monoisotopic (exact) mass is 390 g/mol. The van der Waals surface area contributed by atoms with Gasteiger partial charge >= 0.3 is 0 Å². The second-order valence-corrected chi connectivity index (χ2v) is 7.17. The second-order valence-electron chi connectivity index (χ2n) is 6.25. The van der Waals surface area contributed by atoms with Crippen molar-refractivity contribution in [2.45, 2.75) is 32.7 Å². The molecular weight excluding hydrogens is 371 g/mol. The number of rotatable bonds is 5. The Morgan fingerprint density at radius 3 is 2.58 bits per heavy atom. The Bertz CT molecular complexity index is 767. The molecular formula is C19H20BrFN2O. The summed E-state index contributed by atoms with van der Waals surface area (Å²) in [5, 5.41) is 0.